The number of rotatable bonds is 7. The number of thioether (sulfide) groups is 1. The van der Waals surface area contributed by atoms with Crippen LogP contribution < -0.4 is 5.32 Å². The summed E-state index contributed by atoms with van der Waals surface area (Å²) in [6.45, 7) is 10.2. The summed E-state index contributed by atoms with van der Waals surface area (Å²) in [6.07, 6.45) is 1.18. The van der Waals surface area contributed by atoms with E-state index >= 15 is 0 Å². The molecule has 17 heavy (non-hydrogen) atoms. The van der Waals surface area contributed by atoms with Gasteiger partial charge >= 0.3 is 0 Å². The monoisotopic (exact) mass is 251 g/mol. The van der Waals surface area contributed by atoms with Gasteiger partial charge in [0.1, 0.15) is 0 Å². The number of hydrogen-bond acceptors (Lipinski definition) is 2. The maximum absolute atomic E-state index is 3.67. The van der Waals surface area contributed by atoms with Gasteiger partial charge in [-0.15, -0.1) is 0 Å². The van der Waals surface area contributed by atoms with E-state index in [0.29, 0.717) is 16.5 Å². The predicted molar refractivity (Wildman–Crippen MR) is 79.7 cm³/mol. The molecule has 1 aromatic rings. The van der Waals surface area contributed by atoms with E-state index in [9.17, 15) is 0 Å². The SMILES string of the molecule is CCCNC(c1ccccc1)C(C)SC(C)C. The van der Waals surface area contributed by atoms with E-state index in [1.54, 1.807) is 0 Å². The lowest BCUT2D eigenvalue weighted by molar-refractivity contribution is 0.527. The fourth-order valence-electron chi connectivity index (χ4n) is 2.02. The molecule has 0 heterocycles. The van der Waals surface area contributed by atoms with Crippen molar-refractivity contribution in [3.8, 4) is 0 Å². The van der Waals surface area contributed by atoms with Crippen LogP contribution >= 0.6 is 11.8 Å². The van der Waals surface area contributed by atoms with Crippen LogP contribution in [0.4, 0.5) is 0 Å². The fraction of sp³-hybridized carbons (Fsp3) is 0.600. The Balaban J connectivity index is 2.73. The van der Waals surface area contributed by atoms with Crippen molar-refractivity contribution in [3.63, 3.8) is 0 Å². The van der Waals surface area contributed by atoms with Crippen LogP contribution in [0, 0.1) is 0 Å². The minimum absolute atomic E-state index is 0.462. The molecule has 1 nitrogen and oxygen atoms in total. The van der Waals surface area contributed by atoms with Gasteiger partial charge in [-0.3, -0.25) is 0 Å². The van der Waals surface area contributed by atoms with Gasteiger partial charge in [-0.1, -0.05) is 58.0 Å². The Hall–Kier alpha value is -0.470. The Morgan fingerprint density at radius 1 is 1.12 bits per heavy atom. The molecule has 1 rings (SSSR count). The number of benzene rings is 1. The van der Waals surface area contributed by atoms with Crippen molar-refractivity contribution in [2.24, 2.45) is 0 Å². The molecule has 2 unspecified atom stereocenters. The van der Waals surface area contributed by atoms with Gasteiger partial charge in [0, 0.05) is 11.3 Å². The van der Waals surface area contributed by atoms with E-state index in [4.69, 9.17) is 0 Å². The van der Waals surface area contributed by atoms with E-state index in [2.05, 4.69) is 63.3 Å². The third-order valence-corrected chi connectivity index (χ3v) is 3.97. The normalized spacial score (nSPS) is 14.9. The van der Waals surface area contributed by atoms with Gasteiger partial charge < -0.3 is 5.32 Å². The lowest BCUT2D eigenvalue weighted by atomic mass is 10.0. The van der Waals surface area contributed by atoms with Crippen LogP contribution in [0.25, 0.3) is 0 Å². The summed E-state index contributed by atoms with van der Waals surface area (Å²) in [5, 5.41) is 4.95. The van der Waals surface area contributed by atoms with Crippen LogP contribution in [0.5, 0.6) is 0 Å². The zero-order chi connectivity index (χ0) is 12.7. The minimum atomic E-state index is 0.462. The minimum Gasteiger partial charge on any atom is -0.309 e. The van der Waals surface area contributed by atoms with E-state index in [1.807, 2.05) is 11.8 Å². The molecule has 0 aliphatic rings. The summed E-state index contributed by atoms with van der Waals surface area (Å²) in [6, 6.07) is 11.3. The molecule has 0 aliphatic carbocycles. The van der Waals surface area contributed by atoms with Crippen molar-refractivity contribution in [2.45, 2.75) is 50.7 Å². The van der Waals surface area contributed by atoms with Crippen LogP contribution in [0.15, 0.2) is 30.3 Å². The van der Waals surface area contributed by atoms with E-state index in [1.165, 1.54) is 12.0 Å². The maximum Gasteiger partial charge on any atom is 0.0437 e. The second-order valence-electron chi connectivity index (χ2n) is 4.73. The molecule has 0 saturated carbocycles. The lowest BCUT2D eigenvalue weighted by Crippen LogP contribution is -2.30. The molecule has 2 atom stereocenters. The van der Waals surface area contributed by atoms with Gasteiger partial charge in [0.15, 0.2) is 0 Å². The first-order chi connectivity index (χ1) is 8.15. The first-order valence-electron chi connectivity index (χ1n) is 6.59. The van der Waals surface area contributed by atoms with Crippen molar-refractivity contribution in [1.29, 1.82) is 0 Å². The highest BCUT2D eigenvalue weighted by atomic mass is 32.2. The fourth-order valence-corrected chi connectivity index (χ4v) is 3.29. The Bertz CT molecular complexity index is 297. The Morgan fingerprint density at radius 2 is 1.76 bits per heavy atom. The third-order valence-electron chi connectivity index (χ3n) is 2.73. The molecule has 0 bridgehead atoms. The predicted octanol–water partition coefficient (Wildman–Crippen LogP) is 4.26. The molecular formula is C15H25NS. The highest BCUT2D eigenvalue weighted by Gasteiger charge is 2.19. The van der Waals surface area contributed by atoms with Crippen LogP contribution in [0.3, 0.4) is 0 Å². The molecule has 0 spiro atoms. The Morgan fingerprint density at radius 3 is 2.29 bits per heavy atom. The van der Waals surface area contributed by atoms with E-state index in [0.717, 1.165) is 6.54 Å². The average Bonchev–Trinajstić information content (AvgIpc) is 2.30. The summed E-state index contributed by atoms with van der Waals surface area (Å²) >= 11 is 2.05. The third kappa shape index (κ3) is 5.13. The summed E-state index contributed by atoms with van der Waals surface area (Å²) in [5.41, 5.74) is 1.40. The van der Waals surface area contributed by atoms with Crippen LogP contribution in [-0.2, 0) is 0 Å². The maximum atomic E-state index is 3.67. The van der Waals surface area contributed by atoms with E-state index < -0.39 is 0 Å². The highest BCUT2D eigenvalue weighted by molar-refractivity contribution is 8.00. The average molecular weight is 251 g/mol. The van der Waals surface area contributed by atoms with Crippen LogP contribution in [0.1, 0.15) is 45.7 Å². The molecule has 96 valence electrons. The highest BCUT2D eigenvalue weighted by Crippen LogP contribution is 2.29. The van der Waals surface area contributed by atoms with E-state index in [-0.39, 0.29) is 0 Å². The van der Waals surface area contributed by atoms with Crippen LogP contribution in [0.2, 0.25) is 0 Å². The largest absolute Gasteiger partial charge is 0.309 e. The zero-order valence-electron chi connectivity index (χ0n) is 11.4. The smallest absolute Gasteiger partial charge is 0.0437 e. The molecule has 0 saturated heterocycles. The van der Waals surface area contributed by atoms with Gasteiger partial charge in [-0.05, 0) is 23.8 Å². The van der Waals surface area contributed by atoms with Crippen molar-refractivity contribution >= 4 is 11.8 Å². The molecule has 0 fully saturated rings. The summed E-state index contributed by atoms with van der Waals surface area (Å²) < 4.78 is 0. The second-order valence-corrected chi connectivity index (χ2v) is 6.69. The first-order valence-corrected chi connectivity index (χ1v) is 7.53. The zero-order valence-corrected chi connectivity index (χ0v) is 12.3. The van der Waals surface area contributed by atoms with Crippen molar-refractivity contribution in [3.05, 3.63) is 35.9 Å². The Kier molecular flexibility index (Phi) is 6.68. The van der Waals surface area contributed by atoms with Gasteiger partial charge in [0.05, 0.1) is 0 Å². The molecule has 1 aromatic carbocycles. The molecule has 0 aromatic heterocycles. The van der Waals surface area contributed by atoms with Gasteiger partial charge in [-0.25, -0.2) is 0 Å². The summed E-state index contributed by atoms with van der Waals surface area (Å²) in [5.74, 6) is 0. The lowest BCUT2D eigenvalue weighted by Gasteiger charge is -2.26. The molecule has 0 amide bonds. The van der Waals surface area contributed by atoms with Crippen molar-refractivity contribution < 1.29 is 0 Å². The van der Waals surface area contributed by atoms with Gasteiger partial charge in [0.25, 0.3) is 0 Å². The first kappa shape index (κ1) is 14.6. The van der Waals surface area contributed by atoms with Crippen LogP contribution in [-0.4, -0.2) is 17.0 Å². The molecule has 2 heteroatoms. The summed E-state index contributed by atoms with van der Waals surface area (Å²) in [7, 11) is 0. The van der Waals surface area contributed by atoms with Crippen molar-refractivity contribution in [1.82, 2.24) is 5.32 Å². The topological polar surface area (TPSA) is 12.0 Å². The quantitative estimate of drug-likeness (QED) is 0.777. The van der Waals surface area contributed by atoms with Gasteiger partial charge in [0.2, 0.25) is 0 Å². The number of nitrogens with one attached hydrogen (secondary N) is 1. The standard InChI is InChI=1S/C15H25NS/c1-5-11-16-15(13(4)17-12(2)3)14-9-7-6-8-10-14/h6-10,12-13,15-16H,5,11H2,1-4H3. The second kappa shape index (κ2) is 7.78. The molecule has 0 radical (unpaired) electrons. The van der Waals surface area contributed by atoms with Crippen molar-refractivity contribution in [2.75, 3.05) is 6.54 Å². The molecule has 0 aliphatic heterocycles. The molecular weight excluding hydrogens is 226 g/mol. The summed E-state index contributed by atoms with van der Waals surface area (Å²) in [4.78, 5) is 0. The van der Waals surface area contributed by atoms with Gasteiger partial charge in [-0.2, -0.15) is 11.8 Å². The number of hydrogen-bond donors (Lipinski definition) is 1. The molecule has 1 N–H and O–H groups in total. The Labute approximate surface area is 110 Å².